The van der Waals surface area contributed by atoms with Gasteiger partial charge >= 0.3 is 5.97 Å². The van der Waals surface area contributed by atoms with Crippen LogP contribution >= 0.6 is 23.2 Å². The molecule has 5 nitrogen and oxygen atoms in total. The zero-order chi connectivity index (χ0) is 17.3. The van der Waals surface area contributed by atoms with E-state index in [9.17, 15) is 9.70 Å². The summed E-state index contributed by atoms with van der Waals surface area (Å²) in [4.78, 5) is 28.1. The molecule has 0 aliphatic carbocycles. The molecule has 24 heavy (non-hydrogen) atoms. The zero-order valence-electron chi connectivity index (χ0n) is 12.7. The first kappa shape index (κ1) is 16.5. The molecule has 0 amide bonds. The highest BCUT2D eigenvalue weighted by Gasteiger charge is 2.27. The third-order valence-electron chi connectivity index (χ3n) is 3.70. The lowest BCUT2D eigenvalue weighted by Crippen LogP contribution is -2.23. The molecule has 2 aromatic carbocycles. The molecule has 1 N–H and O–H groups in total. The summed E-state index contributed by atoms with van der Waals surface area (Å²) in [6.45, 7) is 0. The van der Waals surface area contributed by atoms with Crippen molar-refractivity contribution in [3.05, 3.63) is 63.7 Å². The first-order chi connectivity index (χ1) is 11.6. The molecule has 0 aliphatic rings. The van der Waals surface area contributed by atoms with E-state index in [0.717, 1.165) is 4.43 Å². The number of methoxy groups -OCH3 is 1. The molecule has 0 radical (unpaired) electrons. The molecule has 0 spiro atoms. The minimum atomic E-state index is -0.530. The average Bonchev–Trinajstić information content (AvgIpc) is 2.61. The third-order valence-corrected chi connectivity index (χ3v) is 4.28. The van der Waals surface area contributed by atoms with Crippen LogP contribution in [0.4, 0.5) is 0 Å². The van der Waals surface area contributed by atoms with Gasteiger partial charge in [0.2, 0.25) is 0 Å². The Bertz CT molecular complexity index is 999. The van der Waals surface area contributed by atoms with Crippen LogP contribution in [0.25, 0.3) is 22.3 Å². The van der Waals surface area contributed by atoms with E-state index >= 15 is 0 Å². The van der Waals surface area contributed by atoms with Crippen molar-refractivity contribution in [3.8, 4) is 11.3 Å². The molecule has 0 fully saturated rings. The lowest BCUT2D eigenvalue weighted by atomic mass is 10.0. The molecule has 0 aliphatic heterocycles. The highest BCUT2D eigenvalue weighted by Crippen LogP contribution is 2.28. The van der Waals surface area contributed by atoms with Crippen molar-refractivity contribution >= 4 is 40.2 Å². The number of hydrogen-bond acceptors (Lipinski definition) is 3. The summed E-state index contributed by atoms with van der Waals surface area (Å²) in [7, 11) is 1.29. The van der Waals surface area contributed by atoms with Crippen molar-refractivity contribution in [2.45, 2.75) is 5.88 Å². The number of alkyl halides is 1. The van der Waals surface area contributed by atoms with Gasteiger partial charge in [-0.2, -0.15) is 0 Å². The zero-order valence-corrected chi connectivity index (χ0v) is 14.2. The predicted molar refractivity (Wildman–Crippen MR) is 93.0 cm³/mol. The maximum atomic E-state index is 13.0. The summed E-state index contributed by atoms with van der Waals surface area (Å²) in [6, 6.07) is 11.7. The Kier molecular flexibility index (Phi) is 4.55. The van der Waals surface area contributed by atoms with Crippen LogP contribution in [0, 0.1) is 4.91 Å². The molecule has 3 aromatic rings. The van der Waals surface area contributed by atoms with E-state index < -0.39 is 5.97 Å². The number of esters is 1. The number of carbonyl (C=O) groups is 1. The third kappa shape index (κ3) is 2.66. The van der Waals surface area contributed by atoms with Crippen molar-refractivity contribution in [2.24, 2.45) is 0 Å². The summed E-state index contributed by atoms with van der Waals surface area (Å²) in [5.41, 5.74) is 2.29. The number of H-pyrrole nitrogens is 1. The van der Waals surface area contributed by atoms with Gasteiger partial charge in [0, 0.05) is 11.0 Å². The Morgan fingerprint density at radius 1 is 1.21 bits per heavy atom. The SMILES string of the molecule is COC(=O)c1ccccc1-c1c(CCl)[nH]c2c(Cl)cccc2[n+]1=O. The van der Waals surface area contributed by atoms with Gasteiger partial charge in [0.15, 0.2) is 0 Å². The van der Waals surface area contributed by atoms with Gasteiger partial charge in [-0.15, -0.1) is 11.6 Å². The minimum absolute atomic E-state index is 0.0498. The Balaban J connectivity index is 2.42. The van der Waals surface area contributed by atoms with Crippen molar-refractivity contribution in [3.63, 3.8) is 0 Å². The molecule has 0 unspecified atom stereocenters. The number of nitrogens with zero attached hydrogens (tertiary/aromatic N) is 1. The normalized spacial score (nSPS) is 10.8. The highest BCUT2D eigenvalue weighted by molar-refractivity contribution is 6.34. The summed E-state index contributed by atoms with van der Waals surface area (Å²) >= 11 is 12.2. The molecule has 1 heterocycles. The van der Waals surface area contributed by atoms with Crippen LogP contribution in [-0.4, -0.2) is 18.1 Å². The smallest absolute Gasteiger partial charge is 0.338 e. The van der Waals surface area contributed by atoms with Gasteiger partial charge in [0.05, 0.1) is 33.6 Å². The Morgan fingerprint density at radius 3 is 2.67 bits per heavy atom. The molecule has 7 heteroatoms. The number of para-hydroxylation sites is 1. The molecule has 0 bridgehead atoms. The second-order valence-electron chi connectivity index (χ2n) is 5.05. The summed E-state index contributed by atoms with van der Waals surface area (Å²) in [5.74, 6) is -0.480. The van der Waals surface area contributed by atoms with Gasteiger partial charge in [0.25, 0.3) is 11.2 Å². The molecule has 0 atom stereocenters. The molecule has 122 valence electrons. The van der Waals surface area contributed by atoms with Gasteiger partial charge in [0.1, 0.15) is 11.2 Å². The molecular formula is C17H13Cl2N2O3+. The second kappa shape index (κ2) is 6.63. The fourth-order valence-electron chi connectivity index (χ4n) is 2.61. The van der Waals surface area contributed by atoms with Gasteiger partial charge in [-0.1, -0.05) is 29.8 Å². The van der Waals surface area contributed by atoms with E-state index in [0.29, 0.717) is 27.3 Å². The quantitative estimate of drug-likeness (QED) is 0.435. The van der Waals surface area contributed by atoms with Gasteiger partial charge in [-0.05, 0) is 18.2 Å². The van der Waals surface area contributed by atoms with Gasteiger partial charge in [-0.3, -0.25) is 0 Å². The highest BCUT2D eigenvalue weighted by atomic mass is 35.5. The number of fused-ring (bicyclic) bond motifs is 1. The van der Waals surface area contributed by atoms with Crippen LogP contribution in [0.3, 0.4) is 0 Å². The van der Waals surface area contributed by atoms with Crippen molar-refractivity contribution in [1.82, 2.24) is 4.98 Å². The van der Waals surface area contributed by atoms with Crippen LogP contribution in [0.1, 0.15) is 16.1 Å². The topological polar surface area (TPSA) is 65.1 Å². The number of carbonyl (C=O) groups excluding carboxylic acids is 1. The van der Waals surface area contributed by atoms with E-state index in [1.54, 1.807) is 42.5 Å². The standard InChI is InChI=1S/C17H12Cl2N2O3/c1-24-17(22)11-6-3-2-5-10(11)16-13(9-18)20-15-12(19)7-4-8-14(15)21(16)23/h2-8H,9H2,1H3/p+1. The number of aromatic amines is 1. The van der Waals surface area contributed by atoms with E-state index in [2.05, 4.69) is 4.98 Å². The number of hydrogen-bond donors (Lipinski definition) is 1. The Labute approximate surface area is 147 Å². The first-order valence-corrected chi connectivity index (χ1v) is 7.99. The molecule has 0 saturated heterocycles. The van der Waals surface area contributed by atoms with Gasteiger partial charge in [-0.25, -0.2) is 4.79 Å². The number of aromatic nitrogens is 2. The van der Waals surface area contributed by atoms with Crippen LogP contribution in [0.5, 0.6) is 0 Å². The Morgan fingerprint density at radius 2 is 1.96 bits per heavy atom. The second-order valence-corrected chi connectivity index (χ2v) is 5.73. The van der Waals surface area contributed by atoms with Crippen molar-refractivity contribution < 1.29 is 14.0 Å². The number of halogens is 2. The van der Waals surface area contributed by atoms with Gasteiger partial charge < -0.3 is 9.72 Å². The lowest BCUT2D eigenvalue weighted by Gasteiger charge is -2.07. The number of nitrogens with one attached hydrogen (secondary N) is 1. The van der Waals surface area contributed by atoms with Crippen molar-refractivity contribution in [2.75, 3.05) is 7.11 Å². The minimum Gasteiger partial charge on any atom is -0.465 e. The molecule has 0 saturated carbocycles. The molecule has 1 aromatic heterocycles. The number of benzene rings is 2. The summed E-state index contributed by atoms with van der Waals surface area (Å²) in [5, 5.41) is 0.413. The van der Waals surface area contributed by atoms with Crippen LogP contribution < -0.4 is 4.43 Å². The molecular weight excluding hydrogens is 351 g/mol. The number of ether oxygens (including phenoxy) is 1. The van der Waals surface area contributed by atoms with Crippen LogP contribution in [-0.2, 0) is 10.6 Å². The molecule has 3 rings (SSSR count). The monoisotopic (exact) mass is 363 g/mol. The van der Waals surface area contributed by atoms with Crippen LogP contribution in [0.2, 0.25) is 5.02 Å². The summed E-state index contributed by atoms with van der Waals surface area (Å²) in [6.07, 6.45) is 0. The van der Waals surface area contributed by atoms with E-state index in [-0.39, 0.29) is 17.1 Å². The first-order valence-electron chi connectivity index (χ1n) is 7.08. The van der Waals surface area contributed by atoms with E-state index in [1.807, 2.05) is 0 Å². The maximum Gasteiger partial charge on any atom is 0.338 e. The summed E-state index contributed by atoms with van der Waals surface area (Å²) < 4.78 is 5.54. The average molecular weight is 364 g/mol. The van der Waals surface area contributed by atoms with E-state index in [4.69, 9.17) is 27.9 Å². The maximum absolute atomic E-state index is 13.0. The largest absolute Gasteiger partial charge is 0.465 e. The predicted octanol–water partition coefficient (Wildman–Crippen LogP) is 3.93. The Hall–Kier alpha value is -2.37. The number of rotatable bonds is 3. The lowest BCUT2D eigenvalue weighted by molar-refractivity contribution is -0.452. The van der Waals surface area contributed by atoms with Crippen LogP contribution in [0.15, 0.2) is 42.5 Å². The fourth-order valence-corrected chi connectivity index (χ4v) is 3.02. The van der Waals surface area contributed by atoms with Crippen molar-refractivity contribution in [1.29, 1.82) is 0 Å². The fraction of sp³-hybridized carbons (Fsp3) is 0.118. The van der Waals surface area contributed by atoms with E-state index in [1.165, 1.54) is 7.11 Å².